The van der Waals surface area contributed by atoms with E-state index < -0.39 is 0 Å². The van der Waals surface area contributed by atoms with Crippen LogP contribution in [0.3, 0.4) is 0 Å². The van der Waals surface area contributed by atoms with Crippen molar-refractivity contribution >= 4 is 55.8 Å². The fourth-order valence-corrected chi connectivity index (χ4v) is 4.69. The number of amides is 2. The fraction of sp³-hybridized carbons (Fsp3) is 0.217. The van der Waals surface area contributed by atoms with E-state index in [9.17, 15) is 9.59 Å². The Morgan fingerprint density at radius 3 is 2.66 bits per heavy atom. The van der Waals surface area contributed by atoms with E-state index in [1.54, 1.807) is 0 Å². The van der Waals surface area contributed by atoms with E-state index in [1.165, 1.54) is 10.5 Å². The highest BCUT2D eigenvalue weighted by Gasteiger charge is 2.34. The number of unbranched alkanes of at least 4 members (excludes halogenated alkanes) is 1. The van der Waals surface area contributed by atoms with Gasteiger partial charge in [-0.25, -0.2) is 0 Å². The smallest absolute Gasteiger partial charge is 0.293 e. The average molecular weight is 469 g/mol. The van der Waals surface area contributed by atoms with Gasteiger partial charge in [0.15, 0.2) is 0 Å². The second-order valence-corrected chi connectivity index (χ2v) is 8.96. The van der Waals surface area contributed by atoms with Gasteiger partial charge in [0.1, 0.15) is 0 Å². The minimum Gasteiger partial charge on any atom is -0.342 e. The third-order valence-electron chi connectivity index (χ3n) is 4.97. The SMILES string of the molecule is CCCCN1C(=O)S/C(=C\c2cn(Cc3ccccc3)c3ccc(Br)cc23)C1=O. The normalized spacial score (nSPS) is 15.8. The number of nitrogens with zero attached hydrogens (tertiary/aromatic N) is 2. The zero-order valence-corrected chi connectivity index (χ0v) is 18.5. The number of benzene rings is 2. The summed E-state index contributed by atoms with van der Waals surface area (Å²) in [6.45, 7) is 3.28. The van der Waals surface area contributed by atoms with Crippen molar-refractivity contribution in [2.75, 3.05) is 6.54 Å². The van der Waals surface area contributed by atoms with Gasteiger partial charge in [0, 0.05) is 40.2 Å². The van der Waals surface area contributed by atoms with Gasteiger partial charge in [-0.3, -0.25) is 14.5 Å². The Morgan fingerprint density at radius 2 is 1.90 bits per heavy atom. The number of hydrogen-bond acceptors (Lipinski definition) is 3. The Kier molecular flexibility index (Phi) is 5.92. The van der Waals surface area contributed by atoms with Crippen LogP contribution in [0.2, 0.25) is 0 Å². The highest BCUT2D eigenvalue weighted by Crippen LogP contribution is 2.35. The molecule has 0 unspecified atom stereocenters. The molecule has 6 heteroatoms. The summed E-state index contributed by atoms with van der Waals surface area (Å²) in [5, 5.41) is 0.875. The average Bonchev–Trinajstić information content (AvgIpc) is 3.18. The second kappa shape index (κ2) is 8.59. The molecule has 2 heterocycles. The van der Waals surface area contributed by atoms with Crippen LogP contribution in [0, 0.1) is 0 Å². The largest absolute Gasteiger partial charge is 0.342 e. The molecule has 0 N–H and O–H groups in total. The molecule has 4 rings (SSSR count). The summed E-state index contributed by atoms with van der Waals surface area (Å²) in [5.41, 5.74) is 3.24. The summed E-state index contributed by atoms with van der Waals surface area (Å²) in [4.78, 5) is 26.8. The van der Waals surface area contributed by atoms with Gasteiger partial charge in [0.25, 0.3) is 11.1 Å². The number of fused-ring (bicyclic) bond motifs is 1. The molecule has 0 radical (unpaired) electrons. The summed E-state index contributed by atoms with van der Waals surface area (Å²) in [7, 11) is 0. The summed E-state index contributed by atoms with van der Waals surface area (Å²) in [6.07, 6.45) is 5.69. The molecule has 0 aliphatic carbocycles. The molecule has 1 aliphatic rings. The third kappa shape index (κ3) is 4.19. The molecule has 3 aromatic rings. The number of aromatic nitrogens is 1. The van der Waals surface area contributed by atoms with Gasteiger partial charge >= 0.3 is 0 Å². The van der Waals surface area contributed by atoms with Gasteiger partial charge in [-0.15, -0.1) is 0 Å². The molecular weight excluding hydrogens is 448 g/mol. The molecule has 148 valence electrons. The first kappa shape index (κ1) is 20.0. The first-order chi connectivity index (χ1) is 14.1. The Balaban J connectivity index is 1.72. The van der Waals surface area contributed by atoms with Crippen molar-refractivity contribution in [1.29, 1.82) is 0 Å². The molecule has 1 aromatic heterocycles. The lowest BCUT2D eigenvalue weighted by molar-refractivity contribution is -0.122. The summed E-state index contributed by atoms with van der Waals surface area (Å²) >= 11 is 4.58. The first-order valence-corrected chi connectivity index (χ1v) is 11.3. The zero-order valence-electron chi connectivity index (χ0n) is 16.1. The lowest BCUT2D eigenvalue weighted by Gasteiger charge is -2.10. The minimum absolute atomic E-state index is 0.177. The molecule has 1 aliphatic heterocycles. The standard InChI is InChI=1S/C23H21BrN2O2S/c1-2-3-11-26-22(27)21(29-23(26)28)12-17-15-25(14-16-7-5-4-6-8-16)20-10-9-18(24)13-19(17)20/h4-10,12-13,15H,2-3,11,14H2,1H3/b21-12-. The molecule has 0 atom stereocenters. The second-order valence-electron chi connectivity index (χ2n) is 7.05. The Labute approximate surface area is 182 Å². The van der Waals surface area contributed by atoms with Crippen molar-refractivity contribution in [2.45, 2.75) is 26.3 Å². The van der Waals surface area contributed by atoms with E-state index in [0.29, 0.717) is 11.4 Å². The van der Waals surface area contributed by atoms with E-state index >= 15 is 0 Å². The monoisotopic (exact) mass is 468 g/mol. The number of rotatable bonds is 6. The number of thioether (sulfide) groups is 1. The topological polar surface area (TPSA) is 42.3 Å². The predicted molar refractivity (Wildman–Crippen MR) is 123 cm³/mol. The maximum Gasteiger partial charge on any atom is 0.293 e. The lowest BCUT2D eigenvalue weighted by Crippen LogP contribution is -2.29. The van der Waals surface area contributed by atoms with Crippen LogP contribution in [0.15, 0.2) is 64.1 Å². The number of carbonyl (C=O) groups excluding carboxylic acids is 2. The van der Waals surface area contributed by atoms with Crippen LogP contribution in [0.25, 0.3) is 17.0 Å². The molecule has 0 spiro atoms. The molecule has 2 aromatic carbocycles. The van der Waals surface area contributed by atoms with Crippen molar-refractivity contribution in [1.82, 2.24) is 9.47 Å². The van der Waals surface area contributed by atoms with Gasteiger partial charge in [0.2, 0.25) is 0 Å². The molecule has 1 fully saturated rings. The zero-order chi connectivity index (χ0) is 20.4. The minimum atomic E-state index is -0.188. The Hall–Kier alpha value is -2.31. The maximum atomic E-state index is 12.7. The molecule has 0 bridgehead atoms. The molecular formula is C23H21BrN2O2S. The van der Waals surface area contributed by atoms with Crippen molar-refractivity contribution < 1.29 is 9.59 Å². The van der Waals surface area contributed by atoms with Crippen molar-refractivity contribution in [2.24, 2.45) is 0 Å². The van der Waals surface area contributed by atoms with E-state index in [4.69, 9.17) is 0 Å². The predicted octanol–water partition coefficient (Wildman–Crippen LogP) is 6.29. The van der Waals surface area contributed by atoms with Crippen LogP contribution in [0.4, 0.5) is 4.79 Å². The molecule has 29 heavy (non-hydrogen) atoms. The van der Waals surface area contributed by atoms with Gasteiger partial charge in [-0.2, -0.15) is 0 Å². The quantitative estimate of drug-likeness (QED) is 0.399. The lowest BCUT2D eigenvalue weighted by atomic mass is 10.1. The number of halogens is 1. The van der Waals surface area contributed by atoms with Crippen molar-refractivity contribution in [3.8, 4) is 0 Å². The molecule has 2 amide bonds. The summed E-state index contributed by atoms with van der Waals surface area (Å²) in [6, 6.07) is 16.4. The van der Waals surface area contributed by atoms with Gasteiger partial charge in [-0.05, 0) is 48.0 Å². The van der Waals surface area contributed by atoms with Gasteiger partial charge in [-0.1, -0.05) is 59.6 Å². The molecule has 1 saturated heterocycles. The van der Waals surface area contributed by atoms with Crippen molar-refractivity contribution in [3.05, 3.63) is 75.2 Å². The third-order valence-corrected chi connectivity index (χ3v) is 6.37. The van der Waals surface area contributed by atoms with Gasteiger partial charge in [0.05, 0.1) is 4.91 Å². The van der Waals surface area contributed by atoms with Crippen LogP contribution >= 0.6 is 27.7 Å². The van der Waals surface area contributed by atoms with Gasteiger partial charge < -0.3 is 4.57 Å². The molecule has 4 nitrogen and oxygen atoms in total. The number of imide groups is 1. The molecule has 0 saturated carbocycles. The number of carbonyl (C=O) groups is 2. The van der Waals surface area contributed by atoms with Crippen molar-refractivity contribution in [3.63, 3.8) is 0 Å². The van der Waals surface area contributed by atoms with Crippen LogP contribution in [0.1, 0.15) is 30.9 Å². The number of hydrogen-bond donors (Lipinski definition) is 0. The maximum absolute atomic E-state index is 12.7. The Morgan fingerprint density at radius 1 is 1.10 bits per heavy atom. The summed E-state index contributed by atoms with van der Waals surface area (Å²) < 4.78 is 3.16. The Bertz CT molecular complexity index is 1100. The van der Waals surface area contributed by atoms with E-state index in [1.807, 2.05) is 37.3 Å². The van der Waals surface area contributed by atoms with Crippen LogP contribution < -0.4 is 0 Å². The van der Waals surface area contributed by atoms with E-state index in [-0.39, 0.29) is 11.1 Å². The van der Waals surface area contributed by atoms with E-state index in [0.717, 1.165) is 52.1 Å². The van der Waals surface area contributed by atoms with Crippen LogP contribution in [0.5, 0.6) is 0 Å². The van der Waals surface area contributed by atoms with Crippen LogP contribution in [-0.4, -0.2) is 27.2 Å². The highest BCUT2D eigenvalue weighted by molar-refractivity contribution is 9.10. The fourth-order valence-electron chi connectivity index (χ4n) is 3.47. The first-order valence-electron chi connectivity index (χ1n) is 9.64. The summed E-state index contributed by atoms with van der Waals surface area (Å²) in [5.74, 6) is -0.188. The highest BCUT2D eigenvalue weighted by atomic mass is 79.9. The van der Waals surface area contributed by atoms with E-state index in [2.05, 4.69) is 51.0 Å². The van der Waals surface area contributed by atoms with Crippen LogP contribution in [-0.2, 0) is 11.3 Å².